The fourth-order valence-corrected chi connectivity index (χ4v) is 3.25. The standard InChI is InChI=1S/C14H18N4OS/c1-17-9-12(7-16-17)13-8-15-3-4-18(13)14(19)6-11-2-5-20-10-11/h2,5,7,9-10,13,15H,3-4,6,8H2,1H3. The third-order valence-corrected chi connectivity index (χ3v) is 4.34. The number of piperazine rings is 1. The van der Waals surface area contributed by atoms with Gasteiger partial charge in [-0.3, -0.25) is 9.48 Å². The van der Waals surface area contributed by atoms with Gasteiger partial charge in [0.25, 0.3) is 0 Å². The number of aryl methyl sites for hydroxylation is 1. The Hall–Kier alpha value is -1.66. The Bertz CT molecular complexity index is 578. The third-order valence-electron chi connectivity index (χ3n) is 3.61. The summed E-state index contributed by atoms with van der Waals surface area (Å²) in [6.07, 6.45) is 4.32. The molecule has 1 aliphatic rings. The quantitative estimate of drug-likeness (QED) is 0.924. The van der Waals surface area contributed by atoms with Gasteiger partial charge in [0.15, 0.2) is 0 Å². The lowest BCUT2D eigenvalue weighted by Gasteiger charge is -2.35. The molecule has 20 heavy (non-hydrogen) atoms. The number of carbonyl (C=O) groups is 1. The van der Waals surface area contributed by atoms with E-state index in [1.54, 1.807) is 16.0 Å². The Kier molecular flexibility index (Phi) is 3.84. The van der Waals surface area contributed by atoms with Crippen molar-refractivity contribution in [3.8, 4) is 0 Å². The van der Waals surface area contributed by atoms with Gasteiger partial charge in [-0.2, -0.15) is 16.4 Å². The van der Waals surface area contributed by atoms with E-state index in [-0.39, 0.29) is 11.9 Å². The molecule has 5 nitrogen and oxygen atoms in total. The van der Waals surface area contributed by atoms with Crippen LogP contribution in [-0.2, 0) is 18.3 Å². The highest BCUT2D eigenvalue weighted by Crippen LogP contribution is 2.23. The molecule has 0 aliphatic carbocycles. The molecule has 1 unspecified atom stereocenters. The molecule has 6 heteroatoms. The van der Waals surface area contributed by atoms with Crippen LogP contribution in [0.25, 0.3) is 0 Å². The van der Waals surface area contributed by atoms with Crippen LogP contribution in [-0.4, -0.2) is 40.2 Å². The molecule has 1 N–H and O–H groups in total. The summed E-state index contributed by atoms with van der Waals surface area (Å²) < 4.78 is 1.78. The number of hydrogen-bond donors (Lipinski definition) is 1. The average molecular weight is 290 g/mol. The zero-order valence-corrected chi connectivity index (χ0v) is 12.3. The lowest BCUT2D eigenvalue weighted by atomic mass is 10.1. The number of rotatable bonds is 3. The second-order valence-corrected chi connectivity index (χ2v) is 5.84. The van der Waals surface area contributed by atoms with Gasteiger partial charge in [-0.15, -0.1) is 0 Å². The first-order valence-electron chi connectivity index (χ1n) is 6.74. The van der Waals surface area contributed by atoms with Crippen molar-refractivity contribution in [2.45, 2.75) is 12.5 Å². The van der Waals surface area contributed by atoms with Crippen molar-refractivity contribution in [2.75, 3.05) is 19.6 Å². The second kappa shape index (κ2) is 5.76. The van der Waals surface area contributed by atoms with Crippen LogP contribution in [0.5, 0.6) is 0 Å². The molecule has 3 rings (SSSR count). The van der Waals surface area contributed by atoms with Gasteiger partial charge in [-0.1, -0.05) is 0 Å². The van der Waals surface area contributed by atoms with Crippen molar-refractivity contribution in [1.82, 2.24) is 20.0 Å². The van der Waals surface area contributed by atoms with E-state index in [1.807, 2.05) is 41.2 Å². The van der Waals surface area contributed by atoms with Crippen molar-refractivity contribution >= 4 is 17.2 Å². The zero-order valence-electron chi connectivity index (χ0n) is 11.5. The fourth-order valence-electron chi connectivity index (χ4n) is 2.58. The number of hydrogen-bond acceptors (Lipinski definition) is 4. The van der Waals surface area contributed by atoms with E-state index in [1.165, 1.54) is 0 Å². The van der Waals surface area contributed by atoms with Gasteiger partial charge < -0.3 is 10.2 Å². The van der Waals surface area contributed by atoms with Gasteiger partial charge in [-0.05, 0) is 22.4 Å². The summed E-state index contributed by atoms with van der Waals surface area (Å²) in [6.45, 7) is 2.40. The first kappa shape index (κ1) is 13.3. The van der Waals surface area contributed by atoms with Crippen LogP contribution < -0.4 is 5.32 Å². The summed E-state index contributed by atoms with van der Waals surface area (Å²) in [7, 11) is 1.90. The highest BCUT2D eigenvalue weighted by molar-refractivity contribution is 7.07. The number of amides is 1. The molecular weight excluding hydrogens is 272 g/mol. The van der Waals surface area contributed by atoms with Gasteiger partial charge in [-0.25, -0.2) is 0 Å². The zero-order chi connectivity index (χ0) is 13.9. The van der Waals surface area contributed by atoms with Crippen molar-refractivity contribution in [3.63, 3.8) is 0 Å². The molecule has 1 fully saturated rings. The van der Waals surface area contributed by atoms with Crippen LogP contribution in [0.2, 0.25) is 0 Å². The topological polar surface area (TPSA) is 50.2 Å². The molecule has 0 saturated carbocycles. The van der Waals surface area contributed by atoms with Crippen molar-refractivity contribution in [2.24, 2.45) is 7.05 Å². The van der Waals surface area contributed by atoms with E-state index < -0.39 is 0 Å². The van der Waals surface area contributed by atoms with E-state index in [0.717, 1.165) is 30.8 Å². The summed E-state index contributed by atoms with van der Waals surface area (Å²) in [5.74, 6) is 0.193. The van der Waals surface area contributed by atoms with E-state index >= 15 is 0 Å². The molecule has 2 aromatic heterocycles. The first-order valence-corrected chi connectivity index (χ1v) is 7.68. The Morgan fingerprint density at radius 3 is 3.20 bits per heavy atom. The summed E-state index contributed by atoms with van der Waals surface area (Å²) in [4.78, 5) is 14.5. The van der Waals surface area contributed by atoms with E-state index in [0.29, 0.717) is 6.42 Å². The van der Waals surface area contributed by atoms with Crippen LogP contribution in [0.15, 0.2) is 29.2 Å². The van der Waals surface area contributed by atoms with Crippen molar-refractivity contribution in [1.29, 1.82) is 0 Å². The van der Waals surface area contributed by atoms with Crippen LogP contribution >= 0.6 is 11.3 Å². The molecular formula is C14H18N4OS. The van der Waals surface area contributed by atoms with Crippen LogP contribution in [0, 0.1) is 0 Å². The molecule has 1 aliphatic heterocycles. The largest absolute Gasteiger partial charge is 0.333 e. The molecule has 0 aromatic carbocycles. The SMILES string of the molecule is Cn1cc(C2CNCCN2C(=O)Cc2ccsc2)cn1. The minimum atomic E-state index is 0.0867. The third kappa shape index (κ3) is 2.76. The molecule has 106 valence electrons. The summed E-state index contributed by atoms with van der Waals surface area (Å²) in [5.41, 5.74) is 2.20. The van der Waals surface area contributed by atoms with Gasteiger partial charge in [0.1, 0.15) is 0 Å². The van der Waals surface area contributed by atoms with Crippen LogP contribution in [0.4, 0.5) is 0 Å². The Labute approximate surface area is 122 Å². The van der Waals surface area contributed by atoms with Crippen LogP contribution in [0.3, 0.4) is 0 Å². The summed E-state index contributed by atoms with van der Waals surface area (Å²) in [6, 6.07) is 2.10. The monoisotopic (exact) mass is 290 g/mol. The van der Waals surface area contributed by atoms with E-state index in [9.17, 15) is 4.79 Å². The molecule has 0 bridgehead atoms. The maximum absolute atomic E-state index is 12.5. The molecule has 1 amide bonds. The van der Waals surface area contributed by atoms with Gasteiger partial charge in [0.05, 0.1) is 18.7 Å². The normalized spacial score (nSPS) is 19.2. The van der Waals surface area contributed by atoms with Gasteiger partial charge in [0, 0.05) is 38.4 Å². The number of nitrogens with zero attached hydrogens (tertiary/aromatic N) is 3. The Morgan fingerprint density at radius 2 is 2.50 bits per heavy atom. The number of aromatic nitrogens is 2. The number of nitrogens with one attached hydrogen (secondary N) is 1. The van der Waals surface area contributed by atoms with Crippen molar-refractivity contribution < 1.29 is 4.79 Å². The lowest BCUT2D eigenvalue weighted by Crippen LogP contribution is -2.49. The fraction of sp³-hybridized carbons (Fsp3) is 0.429. The van der Waals surface area contributed by atoms with E-state index in [4.69, 9.17) is 0 Å². The van der Waals surface area contributed by atoms with Crippen LogP contribution in [0.1, 0.15) is 17.2 Å². The number of carbonyl (C=O) groups excluding carboxylic acids is 1. The molecule has 0 radical (unpaired) electrons. The highest BCUT2D eigenvalue weighted by atomic mass is 32.1. The van der Waals surface area contributed by atoms with Gasteiger partial charge >= 0.3 is 0 Å². The Balaban J connectivity index is 1.76. The minimum absolute atomic E-state index is 0.0867. The molecule has 0 spiro atoms. The summed E-state index contributed by atoms with van der Waals surface area (Å²) >= 11 is 1.63. The first-order chi connectivity index (χ1) is 9.74. The highest BCUT2D eigenvalue weighted by Gasteiger charge is 2.28. The molecule has 3 heterocycles. The van der Waals surface area contributed by atoms with Gasteiger partial charge in [0.2, 0.25) is 5.91 Å². The summed E-state index contributed by atoms with van der Waals surface area (Å²) in [5, 5.41) is 11.6. The molecule has 2 aromatic rings. The number of thiophene rings is 1. The molecule has 1 saturated heterocycles. The maximum Gasteiger partial charge on any atom is 0.227 e. The predicted molar refractivity (Wildman–Crippen MR) is 78.6 cm³/mol. The average Bonchev–Trinajstić information content (AvgIpc) is 3.10. The Morgan fingerprint density at radius 1 is 1.60 bits per heavy atom. The smallest absolute Gasteiger partial charge is 0.227 e. The lowest BCUT2D eigenvalue weighted by molar-refractivity contribution is -0.133. The van der Waals surface area contributed by atoms with E-state index in [2.05, 4.69) is 10.4 Å². The minimum Gasteiger partial charge on any atom is -0.333 e. The molecule has 1 atom stereocenters. The second-order valence-electron chi connectivity index (χ2n) is 5.06. The van der Waals surface area contributed by atoms with Crippen molar-refractivity contribution in [3.05, 3.63) is 40.3 Å². The predicted octanol–water partition coefficient (Wildman–Crippen LogP) is 1.20. The maximum atomic E-state index is 12.5.